The van der Waals surface area contributed by atoms with Crippen molar-refractivity contribution in [2.24, 2.45) is 0 Å². The number of benzene rings is 1. The molecule has 2 heterocycles. The van der Waals surface area contributed by atoms with Crippen molar-refractivity contribution in [3.63, 3.8) is 0 Å². The predicted octanol–water partition coefficient (Wildman–Crippen LogP) is 1.61. The van der Waals surface area contributed by atoms with Gasteiger partial charge in [-0.1, -0.05) is 18.0 Å². The first-order valence-corrected chi connectivity index (χ1v) is 11.7. The summed E-state index contributed by atoms with van der Waals surface area (Å²) >= 11 is 0. The van der Waals surface area contributed by atoms with Gasteiger partial charge < -0.3 is 19.3 Å². The first-order chi connectivity index (χ1) is 14.9. The average Bonchev–Trinajstić information content (AvgIpc) is 3.43. The van der Waals surface area contributed by atoms with Crippen LogP contribution in [0.1, 0.15) is 47.8 Å². The number of nitrogens with one attached hydrogen (secondary N) is 1. The van der Waals surface area contributed by atoms with Crippen LogP contribution in [0.2, 0.25) is 0 Å². The van der Waals surface area contributed by atoms with Gasteiger partial charge in [-0.3, -0.25) is 4.79 Å². The lowest BCUT2D eigenvalue weighted by Crippen LogP contribution is -2.45. The lowest BCUT2D eigenvalue weighted by Gasteiger charge is -2.28. The lowest BCUT2D eigenvalue weighted by molar-refractivity contribution is 0.0730. The number of aromatic nitrogens is 2. The SMILES string of the molecule is COc1ccc(S(=O)(=O)N2CCOCC2)cc1C(=O)NC1(c2noc(C)n2)CCCC1. The standard InChI is InChI=1S/C20H26N4O6S/c1-14-21-19(23-30-14)20(7-3-4-8-20)22-18(25)16-13-15(5-6-17(16)28-2)31(26,27)24-9-11-29-12-10-24/h5-6,13H,3-4,7-12H2,1-2H3,(H,22,25). The molecule has 2 aliphatic rings. The van der Waals surface area contributed by atoms with Gasteiger partial charge in [0.2, 0.25) is 15.9 Å². The Morgan fingerprint density at radius 2 is 1.94 bits per heavy atom. The Bertz CT molecular complexity index is 1060. The molecule has 0 atom stereocenters. The minimum atomic E-state index is -3.76. The van der Waals surface area contributed by atoms with Crippen molar-refractivity contribution >= 4 is 15.9 Å². The number of hydrogen-bond acceptors (Lipinski definition) is 8. The zero-order chi connectivity index (χ0) is 22.1. The highest BCUT2D eigenvalue weighted by Crippen LogP contribution is 2.38. The predicted molar refractivity (Wildman–Crippen MR) is 109 cm³/mol. The molecule has 2 aromatic rings. The van der Waals surface area contributed by atoms with Gasteiger partial charge in [0.05, 0.1) is 30.8 Å². The van der Waals surface area contributed by atoms with Crippen LogP contribution in [0.15, 0.2) is 27.6 Å². The van der Waals surface area contributed by atoms with Gasteiger partial charge in [-0.25, -0.2) is 8.42 Å². The number of hydrogen-bond donors (Lipinski definition) is 1. The second-order valence-electron chi connectivity index (χ2n) is 7.76. The lowest BCUT2D eigenvalue weighted by atomic mass is 9.95. The second kappa shape index (κ2) is 8.56. The van der Waals surface area contributed by atoms with Crippen molar-refractivity contribution in [2.75, 3.05) is 33.4 Å². The Kier molecular flexibility index (Phi) is 6.00. The molecule has 1 aliphatic heterocycles. The highest BCUT2D eigenvalue weighted by molar-refractivity contribution is 7.89. The molecule has 1 amide bonds. The van der Waals surface area contributed by atoms with Crippen LogP contribution in [0.25, 0.3) is 0 Å². The molecule has 0 unspecified atom stereocenters. The van der Waals surface area contributed by atoms with Gasteiger partial charge in [0.25, 0.3) is 5.91 Å². The molecule has 1 N–H and O–H groups in total. The molecule has 1 aliphatic carbocycles. The first kappa shape index (κ1) is 21.7. The maximum Gasteiger partial charge on any atom is 0.255 e. The molecule has 0 radical (unpaired) electrons. The second-order valence-corrected chi connectivity index (χ2v) is 9.70. The van der Waals surface area contributed by atoms with Crippen LogP contribution < -0.4 is 10.1 Å². The number of sulfonamides is 1. The van der Waals surface area contributed by atoms with E-state index in [1.54, 1.807) is 6.92 Å². The zero-order valence-electron chi connectivity index (χ0n) is 17.6. The molecule has 0 spiro atoms. The van der Waals surface area contributed by atoms with E-state index in [-0.39, 0.29) is 29.3 Å². The van der Waals surface area contributed by atoms with Gasteiger partial charge in [0, 0.05) is 20.0 Å². The zero-order valence-corrected chi connectivity index (χ0v) is 18.4. The fraction of sp³-hybridized carbons (Fsp3) is 0.550. The first-order valence-electron chi connectivity index (χ1n) is 10.2. The fourth-order valence-corrected chi connectivity index (χ4v) is 5.56. The molecule has 1 saturated carbocycles. The van der Waals surface area contributed by atoms with Gasteiger partial charge in [-0.15, -0.1) is 0 Å². The summed E-state index contributed by atoms with van der Waals surface area (Å²) in [5, 5.41) is 7.07. The maximum atomic E-state index is 13.3. The van der Waals surface area contributed by atoms with Crippen molar-refractivity contribution in [1.82, 2.24) is 19.8 Å². The third kappa shape index (κ3) is 4.17. The van der Waals surface area contributed by atoms with E-state index in [1.165, 1.54) is 29.6 Å². The minimum absolute atomic E-state index is 0.0382. The van der Waals surface area contributed by atoms with E-state index < -0.39 is 21.5 Å². The summed E-state index contributed by atoms with van der Waals surface area (Å²) in [6.07, 6.45) is 3.17. The van der Waals surface area contributed by atoms with E-state index in [0.29, 0.717) is 37.8 Å². The summed E-state index contributed by atoms with van der Waals surface area (Å²) in [6, 6.07) is 4.32. The summed E-state index contributed by atoms with van der Waals surface area (Å²) in [4.78, 5) is 17.7. The number of ether oxygens (including phenoxy) is 2. The number of methoxy groups -OCH3 is 1. The van der Waals surface area contributed by atoms with Crippen LogP contribution in [0, 0.1) is 6.92 Å². The Labute approximate surface area is 181 Å². The average molecular weight is 451 g/mol. The van der Waals surface area contributed by atoms with E-state index in [0.717, 1.165) is 12.8 Å². The van der Waals surface area contributed by atoms with Gasteiger partial charge >= 0.3 is 0 Å². The molecule has 168 valence electrons. The van der Waals surface area contributed by atoms with Crippen LogP contribution >= 0.6 is 0 Å². The number of rotatable bonds is 6. The Morgan fingerprint density at radius 1 is 1.23 bits per heavy atom. The number of nitrogens with zero attached hydrogens (tertiary/aromatic N) is 3. The quantitative estimate of drug-likeness (QED) is 0.704. The third-order valence-electron chi connectivity index (χ3n) is 5.79. The third-order valence-corrected chi connectivity index (χ3v) is 7.68. The summed E-state index contributed by atoms with van der Waals surface area (Å²) in [7, 11) is -2.32. The highest BCUT2D eigenvalue weighted by atomic mass is 32.2. The minimum Gasteiger partial charge on any atom is -0.496 e. The van der Waals surface area contributed by atoms with E-state index in [2.05, 4.69) is 15.5 Å². The molecule has 11 heteroatoms. The Balaban J connectivity index is 1.66. The Hall–Kier alpha value is -2.50. The molecule has 0 bridgehead atoms. The molecule has 31 heavy (non-hydrogen) atoms. The van der Waals surface area contributed by atoms with Crippen molar-refractivity contribution in [3.05, 3.63) is 35.5 Å². The Morgan fingerprint density at radius 3 is 2.55 bits per heavy atom. The molecular weight excluding hydrogens is 424 g/mol. The van der Waals surface area contributed by atoms with Crippen LogP contribution in [-0.2, 0) is 20.3 Å². The molecular formula is C20H26N4O6S. The summed E-state index contributed by atoms with van der Waals surface area (Å²) < 4.78 is 43.2. The van der Waals surface area contributed by atoms with Crippen LogP contribution in [-0.4, -0.2) is 62.2 Å². The van der Waals surface area contributed by atoms with E-state index in [1.807, 2.05) is 0 Å². The molecule has 4 rings (SSSR count). The molecule has 1 saturated heterocycles. The number of carbonyl (C=O) groups excluding carboxylic acids is 1. The summed E-state index contributed by atoms with van der Waals surface area (Å²) in [6.45, 7) is 2.93. The molecule has 10 nitrogen and oxygen atoms in total. The molecule has 1 aromatic carbocycles. The number of morpholine rings is 1. The molecule has 1 aromatic heterocycles. The fourth-order valence-electron chi connectivity index (χ4n) is 4.12. The molecule has 2 fully saturated rings. The van der Waals surface area contributed by atoms with Gasteiger partial charge in [-0.05, 0) is 31.0 Å². The van der Waals surface area contributed by atoms with Crippen molar-refractivity contribution in [1.29, 1.82) is 0 Å². The summed E-state index contributed by atoms with van der Waals surface area (Å²) in [5.41, 5.74) is -0.609. The van der Waals surface area contributed by atoms with Crippen LogP contribution in [0.5, 0.6) is 5.75 Å². The van der Waals surface area contributed by atoms with Gasteiger partial charge in [-0.2, -0.15) is 9.29 Å². The monoisotopic (exact) mass is 450 g/mol. The van der Waals surface area contributed by atoms with Crippen LogP contribution in [0.3, 0.4) is 0 Å². The van der Waals surface area contributed by atoms with Crippen molar-refractivity contribution in [2.45, 2.75) is 43.0 Å². The van der Waals surface area contributed by atoms with Gasteiger partial charge in [0.15, 0.2) is 5.82 Å². The number of amides is 1. The maximum absolute atomic E-state index is 13.3. The van der Waals surface area contributed by atoms with Gasteiger partial charge in [0.1, 0.15) is 11.3 Å². The topological polar surface area (TPSA) is 124 Å². The van der Waals surface area contributed by atoms with E-state index in [4.69, 9.17) is 14.0 Å². The van der Waals surface area contributed by atoms with E-state index >= 15 is 0 Å². The number of carbonyl (C=O) groups is 1. The van der Waals surface area contributed by atoms with E-state index in [9.17, 15) is 13.2 Å². The summed E-state index contributed by atoms with van der Waals surface area (Å²) in [5.74, 6) is 0.703. The van der Waals surface area contributed by atoms with Crippen molar-refractivity contribution < 1.29 is 27.2 Å². The smallest absolute Gasteiger partial charge is 0.255 e. The van der Waals surface area contributed by atoms with Crippen LogP contribution in [0.4, 0.5) is 0 Å². The highest BCUT2D eigenvalue weighted by Gasteiger charge is 2.42. The largest absolute Gasteiger partial charge is 0.496 e. The normalized spacial score (nSPS) is 19.3. The van der Waals surface area contributed by atoms with Crippen molar-refractivity contribution in [3.8, 4) is 5.75 Å². The number of aryl methyl sites for hydroxylation is 1.